The molecule has 0 spiro atoms. The highest BCUT2D eigenvalue weighted by atomic mass is 16.5. The van der Waals surface area contributed by atoms with E-state index in [9.17, 15) is 5.11 Å². The third kappa shape index (κ3) is 2.37. The number of nitrogens with two attached hydrogens (primary N) is 1. The molecule has 0 amide bonds. The fourth-order valence-corrected chi connectivity index (χ4v) is 2.47. The minimum absolute atomic E-state index is 0.233. The minimum Gasteiger partial charge on any atom is -0.394 e. The molecule has 2 aromatic heterocycles. The number of allylic oxidation sites excluding steroid dienone is 1. The van der Waals surface area contributed by atoms with Crippen molar-refractivity contribution >= 4 is 17.0 Å². The highest BCUT2D eigenvalue weighted by Crippen LogP contribution is 2.31. The number of aliphatic hydroxyl groups excluding tert-OH is 2. The van der Waals surface area contributed by atoms with Crippen molar-refractivity contribution in [1.82, 2.24) is 19.5 Å². The number of aromatic nitrogens is 4. The molecule has 0 aliphatic carbocycles. The maximum atomic E-state index is 9.83. The Hall–Kier alpha value is -2.03. The van der Waals surface area contributed by atoms with Gasteiger partial charge in [0.1, 0.15) is 23.7 Å². The summed E-state index contributed by atoms with van der Waals surface area (Å²) in [6, 6.07) is 0. The molecule has 3 rings (SSSR count). The first-order chi connectivity index (χ1) is 10.1. The summed E-state index contributed by atoms with van der Waals surface area (Å²) in [6.45, 7) is 3.42. The highest BCUT2D eigenvalue weighted by molar-refractivity contribution is 5.81. The van der Waals surface area contributed by atoms with E-state index in [-0.39, 0.29) is 6.61 Å². The molecule has 0 radical (unpaired) electrons. The number of ether oxygens (including phenoxy) is 1. The predicted molar refractivity (Wildman–Crippen MR) is 75.3 cm³/mol. The van der Waals surface area contributed by atoms with Crippen molar-refractivity contribution in [2.45, 2.75) is 31.3 Å². The number of anilines is 1. The molecule has 0 unspecified atom stereocenters. The van der Waals surface area contributed by atoms with Crippen molar-refractivity contribution in [1.29, 1.82) is 0 Å². The predicted octanol–water partition coefficient (Wildman–Crippen LogP) is -0.222. The number of nitrogens with zero attached hydrogens (tertiary/aromatic N) is 4. The molecule has 4 N–H and O–H groups in total. The lowest BCUT2D eigenvalue weighted by molar-refractivity contribution is -0.0432. The number of imidazole rings is 1. The van der Waals surface area contributed by atoms with E-state index in [1.54, 1.807) is 17.0 Å². The van der Waals surface area contributed by atoms with Crippen LogP contribution in [0.3, 0.4) is 0 Å². The molecule has 21 heavy (non-hydrogen) atoms. The Morgan fingerprint density at radius 3 is 3.00 bits per heavy atom. The van der Waals surface area contributed by atoms with Crippen LogP contribution >= 0.6 is 0 Å². The zero-order valence-electron chi connectivity index (χ0n) is 11.4. The number of fused-ring (bicyclic) bond motifs is 1. The molecule has 2 aromatic rings. The van der Waals surface area contributed by atoms with Gasteiger partial charge in [0.25, 0.3) is 0 Å². The first-order valence-electron chi connectivity index (χ1n) is 6.68. The normalized spacial score (nSPS) is 25.5. The maximum absolute atomic E-state index is 9.83. The highest BCUT2D eigenvalue weighted by Gasteiger charge is 2.35. The maximum Gasteiger partial charge on any atom is 0.167 e. The minimum atomic E-state index is -0.718. The molecule has 112 valence electrons. The zero-order chi connectivity index (χ0) is 15.0. The lowest BCUT2D eigenvalue weighted by Gasteiger charge is -2.13. The van der Waals surface area contributed by atoms with E-state index in [0.29, 0.717) is 35.6 Å². The molecule has 0 saturated carbocycles. The zero-order valence-corrected chi connectivity index (χ0v) is 11.4. The van der Waals surface area contributed by atoms with E-state index >= 15 is 0 Å². The lowest BCUT2D eigenvalue weighted by Crippen LogP contribution is -2.24. The van der Waals surface area contributed by atoms with Crippen molar-refractivity contribution in [3.05, 3.63) is 24.8 Å². The second kappa shape index (κ2) is 5.40. The van der Waals surface area contributed by atoms with Crippen LogP contribution in [0.5, 0.6) is 0 Å². The summed E-state index contributed by atoms with van der Waals surface area (Å²) < 4.78 is 7.32. The standard InChI is InChI=1S/C13H17N5O3/c1-2-3-9-16-12(14)11-13(17-9)18(6-15-11)10-4-7(20)8(5-19)21-10/h2,6-8,10,19-20H,1,3-5H2,(H2,14,16,17)/t7-,8+,10+/m0/s1. The van der Waals surface area contributed by atoms with Crippen LogP contribution in [-0.2, 0) is 11.2 Å². The van der Waals surface area contributed by atoms with Crippen LogP contribution in [0.2, 0.25) is 0 Å². The molecule has 0 bridgehead atoms. The summed E-state index contributed by atoms with van der Waals surface area (Å²) >= 11 is 0. The Labute approximate surface area is 120 Å². The Bertz CT molecular complexity index is 671. The molecular formula is C13H17N5O3. The Morgan fingerprint density at radius 2 is 2.33 bits per heavy atom. The topological polar surface area (TPSA) is 119 Å². The van der Waals surface area contributed by atoms with Gasteiger partial charge in [0.15, 0.2) is 11.5 Å². The number of hydrogen-bond donors (Lipinski definition) is 3. The second-order valence-electron chi connectivity index (χ2n) is 4.96. The number of aliphatic hydroxyl groups is 2. The molecule has 8 nitrogen and oxygen atoms in total. The Morgan fingerprint density at radius 1 is 1.52 bits per heavy atom. The van der Waals surface area contributed by atoms with Crippen molar-refractivity contribution in [3.8, 4) is 0 Å². The third-order valence-corrected chi connectivity index (χ3v) is 3.52. The van der Waals surface area contributed by atoms with Gasteiger partial charge in [-0.15, -0.1) is 6.58 Å². The van der Waals surface area contributed by atoms with Crippen LogP contribution in [0.15, 0.2) is 19.0 Å². The van der Waals surface area contributed by atoms with Crippen molar-refractivity contribution in [2.24, 2.45) is 0 Å². The Kier molecular flexibility index (Phi) is 3.58. The van der Waals surface area contributed by atoms with E-state index in [1.807, 2.05) is 0 Å². The largest absolute Gasteiger partial charge is 0.394 e. The molecule has 1 aliphatic rings. The van der Waals surface area contributed by atoms with Crippen molar-refractivity contribution < 1.29 is 14.9 Å². The summed E-state index contributed by atoms with van der Waals surface area (Å²) in [6.07, 6.45) is 2.36. The van der Waals surface area contributed by atoms with Crippen LogP contribution in [0.4, 0.5) is 5.82 Å². The van der Waals surface area contributed by atoms with Crippen molar-refractivity contribution in [3.63, 3.8) is 0 Å². The quantitative estimate of drug-likeness (QED) is 0.666. The van der Waals surface area contributed by atoms with Gasteiger partial charge in [-0.3, -0.25) is 4.57 Å². The fraction of sp³-hybridized carbons (Fsp3) is 0.462. The fourth-order valence-electron chi connectivity index (χ4n) is 2.47. The van der Waals surface area contributed by atoms with E-state index in [2.05, 4.69) is 21.5 Å². The number of nitrogen functional groups attached to an aromatic ring is 1. The van der Waals surface area contributed by atoms with Crippen LogP contribution in [0.25, 0.3) is 11.2 Å². The molecule has 8 heteroatoms. The molecular weight excluding hydrogens is 274 g/mol. The molecule has 0 aromatic carbocycles. The van der Waals surface area contributed by atoms with Gasteiger partial charge in [-0.2, -0.15) is 0 Å². The van der Waals surface area contributed by atoms with E-state index in [0.717, 1.165) is 0 Å². The monoisotopic (exact) mass is 291 g/mol. The van der Waals surface area contributed by atoms with Crippen LogP contribution in [-0.4, -0.2) is 48.5 Å². The second-order valence-corrected chi connectivity index (χ2v) is 4.96. The van der Waals surface area contributed by atoms with Crippen LogP contribution in [0.1, 0.15) is 18.5 Å². The van der Waals surface area contributed by atoms with E-state index < -0.39 is 18.4 Å². The van der Waals surface area contributed by atoms with Gasteiger partial charge in [0.05, 0.1) is 19.0 Å². The van der Waals surface area contributed by atoms with Gasteiger partial charge < -0.3 is 20.7 Å². The molecule has 1 aliphatic heterocycles. The van der Waals surface area contributed by atoms with E-state index in [4.69, 9.17) is 15.6 Å². The van der Waals surface area contributed by atoms with Crippen molar-refractivity contribution in [2.75, 3.05) is 12.3 Å². The molecule has 3 atom stereocenters. The summed E-state index contributed by atoms with van der Waals surface area (Å²) in [5.41, 5.74) is 6.93. The van der Waals surface area contributed by atoms with Crippen LogP contribution in [0, 0.1) is 0 Å². The first kappa shape index (κ1) is 13.9. The lowest BCUT2D eigenvalue weighted by atomic mass is 10.2. The molecule has 1 saturated heterocycles. The summed E-state index contributed by atoms with van der Waals surface area (Å²) in [5.74, 6) is 0.849. The van der Waals surface area contributed by atoms with Gasteiger partial charge >= 0.3 is 0 Å². The smallest absolute Gasteiger partial charge is 0.167 e. The summed E-state index contributed by atoms with van der Waals surface area (Å²) in [5, 5.41) is 19.0. The van der Waals surface area contributed by atoms with Gasteiger partial charge in [-0.25, -0.2) is 15.0 Å². The average Bonchev–Trinajstić information content (AvgIpc) is 3.02. The molecule has 1 fully saturated rings. The summed E-state index contributed by atoms with van der Waals surface area (Å²) in [7, 11) is 0. The van der Waals surface area contributed by atoms with Gasteiger partial charge in [-0.05, 0) is 0 Å². The van der Waals surface area contributed by atoms with Gasteiger partial charge in [-0.1, -0.05) is 6.08 Å². The average molecular weight is 291 g/mol. The summed E-state index contributed by atoms with van der Waals surface area (Å²) in [4.78, 5) is 12.8. The number of rotatable bonds is 4. The molecule has 3 heterocycles. The SMILES string of the molecule is C=CCc1nc(N)c2ncn([C@H]3C[C@H](O)[C@@H](CO)O3)c2n1. The first-order valence-corrected chi connectivity index (χ1v) is 6.68. The van der Waals surface area contributed by atoms with Crippen LogP contribution < -0.4 is 5.73 Å². The van der Waals surface area contributed by atoms with E-state index in [1.165, 1.54) is 0 Å². The Balaban J connectivity index is 2.01. The third-order valence-electron chi connectivity index (χ3n) is 3.52. The van der Waals surface area contributed by atoms with Gasteiger partial charge in [0, 0.05) is 12.8 Å². The van der Waals surface area contributed by atoms with Gasteiger partial charge in [0.2, 0.25) is 0 Å². The number of hydrogen-bond acceptors (Lipinski definition) is 7.